The SMILES string of the molecule is CCCCOCCNS(=O)(=O)c1cc(CO)ccc1Br. The van der Waals surface area contributed by atoms with Crippen LogP contribution in [0.25, 0.3) is 0 Å². The number of halogens is 1. The van der Waals surface area contributed by atoms with Crippen molar-refractivity contribution in [1.82, 2.24) is 4.72 Å². The van der Waals surface area contributed by atoms with Crippen LogP contribution in [0.15, 0.2) is 27.6 Å². The maximum absolute atomic E-state index is 12.1. The standard InChI is InChI=1S/C13H20BrNO4S/c1-2-3-7-19-8-6-15-20(17,18)13-9-11(10-16)4-5-12(13)14/h4-5,9,15-16H,2-3,6-8,10H2,1H3. The van der Waals surface area contributed by atoms with Crippen molar-refractivity contribution in [3.05, 3.63) is 28.2 Å². The molecular formula is C13H20BrNO4S. The average molecular weight is 366 g/mol. The zero-order valence-electron chi connectivity index (χ0n) is 11.4. The van der Waals surface area contributed by atoms with E-state index < -0.39 is 10.0 Å². The van der Waals surface area contributed by atoms with E-state index in [1.54, 1.807) is 12.1 Å². The lowest BCUT2D eigenvalue weighted by Crippen LogP contribution is -2.28. The first-order chi connectivity index (χ1) is 9.51. The maximum atomic E-state index is 12.1. The molecule has 0 spiro atoms. The predicted octanol–water partition coefficient (Wildman–Crippen LogP) is 2.04. The van der Waals surface area contributed by atoms with Gasteiger partial charge in [0.1, 0.15) is 0 Å². The van der Waals surface area contributed by atoms with E-state index in [0.717, 1.165) is 12.8 Å². The van der Waals surface area contributed by atoms with Gasteiger partial charge in [0.2, 0.25) is 10.0 Å². The summed E-state index contributed by atoms with van der Waals surface area (Å²) in [5, 5.41) is 9.06. The summed E-state index contributed by atoms with van der Waals surface area (Å²) in [4.78, 5) is 0.123. The van der Waals surface area contributed by atoms with E-state index in [1.165, 1.54) is 6.07 Å². The number of hydrogen-bond donors (Lipinski definition) is 2. The van der Waals surface area contributed by atoms with Crippen LogP contribution in [0.3, 0.4) is 0 Å². The molecule has 2 N–H and O–H groups in total. The molecular weight excluding hydrogens is 346 g/mol. The monoisotopic (exact) mass is 365 g/mol. The quantitative estimate of drug-likeness (QED) is 0.656. The summed E-state index contributed by atoms with van der Waals surface area (Å²) in [5.41, 5.74) is 0.549. The van der Waals surface area contributed by atoms with E-state index in [9.17, 15) is 8.42 Å². The molecule has 0 bridgehead atoms. The largest absolute Gasteiger partial charge is 0.392 e. The van der Waals surface area contributed by atoms with Gasteiger partial charge >= 0.3 is 0 Å². The number of hydrogen-bond acceptors (Lipinski definition) is 4. The van der Waals surface area contributed by atoms with E-state index in [-0.39, 0.29) is 18.0 Å². The lowest BCUT2D eigenvalue weighted by Gasteiger charge is -2.10. The van der Waals surface area contributed by atoms with Gasteiger partial charge in [-0.05, 0) is 40.0 Å². The second-order valence-electron chi connectivity index (χ2n) is 4.29. The normalized spacial score (nSPS) is 11.8. The lowest BCUT2D eigenvalue weighted by molar-refractivity contribution is 0.136. The van der Waals surface area contributed by atoms with Crippen molar-refractivity contribution in [2.45, 2.75) is 31.3 Å². The molecule has 114 valence electrons. The van der Waals surface area contributed by atoms with E-state index in [4.69, 9.17) is 9.84 Å². The van der Waals surface area contributed by atoms with Gasteiger partial charge < -0.3 is 9.84 Å². The Labute approximate surface area is 128 Å². The Hall–Kier alpha value is -0.470. The number of aliphatic hydroxyl groups excluding tert-OH is 1. The minimum atomic E-state index is -3.60. The number of aliphatic hydroxyl groups is 1. The Balaban J connectivity index is 2.60. The minimum absolute atomic E-state index is 0.123. The minimum Gasteiger partial charge on any atom is -0.392 e. The first-order valence-corrected chi connectivity index (χ1v) is 8.75. The molecule has 0 atom stereocenters. The van der Waals surface area contributed by atoms with Crippen molar-refractivity contribution in [2.75, 3.05) is 19.8 Å². The Kier molecular flexibility index (Phi) is 7.68. The molecule has 7 heteroatoms. The van der Waals surface area contributed by atoms with Crippen molar-refractivity contribution in [3.8, 4) is 0 Å². The second-order valence-corrected chi connectivity index (χ2v) is 6.88. The first kappa shape index (κ1) is 17.6. The third-order valence-electron chi connectivity index (χ3n) is 2.65. The third-order valence-corrected chi connectivity index (χ3v) is 5.10. The van der Waals surface area contributed by atoms with Crippen LogP contribution >= 0.6 is 15.9 Å². The van der Waals surface area contributed by atoms with Gasteiger partial charge in [0, 0.05) is 17.6 Å². The fraction of sp³-hybridized carbons (Fsp3) is 0.538. The van der Waals surface area contributed by atoms with Crippen LogP contribution < -0.4 is 4.72 Å². The van der Waals surface area contributed by atoms with Crippen molar-refractivity contribution < 1.29 is 18.3 Å². The number of unbranched alkanes of at least 4 members (excludes halogenated alkanes) is 1. The molecule has 0 saturated heterocycles. The van der Waals surface area contributed by atoms with Gasteiger partial charge in [-0.3, -0.25) is 0 Å². The fourth-order valence-electron chi connectivity index (χ4n) is 1.53. The Bertz CT molecular complexity index is 519. The van der Waals surface area contributed by atoms with Crippen LogP contribution in [0.5, 0.6) is 0 Å². The molecule has 1 aromatic carbocycles. The highest BCUT2D eigenvalue weighted by atomic mass is 79.9. The summed E-state index contributed by atoms with van der Waals surface area (Å²) >= 11 is 3.21. The molecule has 0 heterocycles. The summed E-state index contributed by atoms with van der Waals surface area (Å²) < 4.78 is 32.5. The van der Waals surface area contributed by atoms with Crippen LogP contribution in [0.1, 0.15) is 25.3 Å². The number of benzene rings is 1. The predicted molar refractivity (Wildman–Crippen MR) is 81.0 cm³/mol. The van der Waals surface area contributed by atoms with Crippen LogP contribution in [0.2, 0.25) is 0 Å². The molecule has 5 nitrogen and oxygen atoms in total. The highest BCUT2D eigenvalue weighted by molar-refractivity contribution is 9.10. The maximum Gasteiger partial charge on any atom is 0.241 e. The Morgan fingerprint density at radius 2 is 2.10 bits per heavy atom. The van der Waals surface area contributed by atoms with Gasteiger partial charge in [-0.15, -0.1) is 0 Å². The van der Waals surface area contributed by atoms with Crippen LogP contribution in [0.4, 0.5) is 0 Å². The molecule has 1 rings (SSSR count). The van der Waals surface area contributed by atoms with E-state index in [0.29, 0.717) is 23.2 Å². The van der Waals surface area contributed by atoms with Gasteiger partial charge in [-0.1, -0.05) is 19.4 Å². The zero-order chi connectivity index (χ0) is 15.0. The van der Waals surface area contributed by atoms with Crippen LogP contribution in [-0.2, 0) is 21.4 Å². The zero-order valence-corrected chi connectivity index (χ0v) is 13.8. The summed E-state index contributed by atoms with van der Waals surface area (Å²) in [6.45, 7) is 3.08. The molecule has 0 radical (unpaired) electrons. The molecule has 0 saturated carbocycles. The number of sulfonamides is 1. The van der Waals surface area contributed by atoms with Crippen LogP contribution in [-0.4, -0.2) is 33.3 Å². The van der Waals surface area contributed by atoms with Gasteiger partial charge in [-0.25, -0.2) is 13.1 Å². The van der Waals surface area contributed by atoms with E-state index in [1.807, 2.05) is 0 Å². The molecule has 0 aliphatic heterocycles. The second kappa shape index (κ2) is 8.74. The Morgan fingerprint density at radius 1 is 1.35 bits per heavy atom. The molecule has 0 fully saturated rings. The molecule has 1 aromatic rings. The van der Waals surface area contributed by atoms with E-state index in [2.05, 4.69) is 27.6 Å². The molecule has 20 heavy (non-hydrogen) atoms. The van der Waals surface area contributed by atoms with Gasteiger partial charge in [-0.2, -0.15) is 0 Å². The van der Waals surface area contributed by atoms with Crippen molar-refractivity contribution in [2.24, 2.45) is 0 Å². The van der Waals surface area contributed by atoms with Gasteiger partial charge in [0.15, 0.2) is 0 Å². The molecule has 0 aliphatic carbocycles. The van der Waals surface area contributed by atoms with Crippen molar-refractivity contribution in [3.63, 3.8) is 0 Å². The van der Waals surface area contributed by atoms with Crippen LogP contribution in [0, 0.1) is 0 Å². The highest BCUT2D eigenvalue weighted by Crippen LogP contribution is 2.23. The number of nitrogens with one attached hydrogen (secondary N) is 1. The Morgan fingerprint density at radius 3 is 2.75 bits per heavy atom. The highest BCUT2D eigenvalue weighted by Gasteiger charge is 2.17. The smallest absolute Gasteiger partial charge is 0.241 e. The third kappa shape index (κ3) is 5.49. The van der Waals surface area contributed by atoms with Gasteiger partial charge in [0.25, 0.3) is 0 Å². The summed E-state index contributed by atoms with van der Waals surface area (Å²) in [7, 11) is -3.60. The summed E-state index contributed by atoms with van der Waals surface area (Å²) in [5.74, 6) is 0. The topological polar surface area (TPSA) is 75.6 Å². The van der Waals surface area contributed by atoms with E-state index >= 15 is 0 Å². The summed E-state index contributed by atoms with van der Waals surface area (Å²) in [6, 6.07) is 4.72. The summed E-state index contributed by atoms with van der Waals surface area (Å²) in [6.07, 6.45) is 2.02. The average Bonchev–Trinajstić information content (AvgIpc) is 2.43. The first-order valence-electron chi connectivity index (χ1n) is 6.48. The number of ether oxygens (including phenoxy) is 1. The lowest BCUT2D eigenvalue weighted by atomic mass is 10.2. The molecule has 0 aromatic heterocycles. The molecule has 0 aliphatic rings. The van der Waals surface area contributed by atoms with Gasteiger partial charge in [0.05, 0.1) is 18.1 Å². The number of rotatable bonds is 9. The molecule has 0 unspecified atom stereocenters. The van der Waals surface area contributed by atoms with Crippen molar-refractivity contribution >= 4 is 26.0 Å². The fourth-order valence-corrected chi connectivity index (χ4v) is 3.55. The van der Waals surface area contributed by atoms with Crippen molar-refractivity contribution in [1.29, 1.82) is 0 Å². The molecule has 0 amide bonds.